The number of nitrogens with two attached hydrogens (primary N) is 2. The average molecular weight is 336 g/mol. The molecule has 5 nitrogen and oxygen atoms in total. The predicted molar refractivity (Wildman–Crippen MR) is 98.8 cm³/mol. The molecule has 0 aliphatic rings. The molecule has 0 radical (unpaired) electrons. The van der Waals surface area contributed by atoms with Gasteiger partial charge in [0.2, 0.25) is 5.89 Å². The van der Waals surface area contributed by atoms with E-state index < -0.39 is 0 Å². The molecule has 0 saturated carbocycles. The maximum atomic E-state index is 6.09. The third-order valence-corrected chi connectivity index (χ3v) is 4.19. The number of hydrogen-bond acceptors (Lipinski definition) is 5. The highest BCUT2D eigenvalue weighted by Gasteiger charge is 2.14. The molecule has 0 unspecified atom stereocenters. The summed E-state index contributed by atoms with van der Waals surface area (Å²) in [5.41, 5.74) is 15.1. The van der Waals surface area contributed by atoms with Crippen molar-refractivity contribution >= 4 is 0 Å². The van der Waals surface area contributed by atoms with Gasteiger partial charge in [-0.2, -0.15) is 4.98 Å². The van der Waals surface area contributed by atoms with Crippen molar-refractivity contribution in [1.29, 1.82) is 0 Å². The highest BCUT2D eigenvalue weighted by molar-refractivity contribution is 5.63. The molecule has 0 fully saturated rings. The van der Waals surface area contributed by atoms with Crippen LogP contribution in [0.4, 0.5) is 0 Å². The van der Waals surface area contributed by atoms with E-state index in [2.05, 4.69) is 46.5 Å². The lowest BCUT2D eigenvalue weighted by Gasteiger charge is -2.05. The monoisotopic (exact) mass is 336 g/mol. The standard InChI is InChI=1S/C20H24N4O/c21-13-5-4-8-18(22)20-23-19(24-25-20)14-15-9-11-17(12-10-15)16-6-2-1-3-7-16/h1-3,6-7,9-12,18H,4-5,8,13-14,21-22H2/t18-/m0/s1. The zero-order chi connectivity index (χ0) is 17.5. The van der Waals surface area contributed by atoms with E-state index in [-0.39, 0.29) is 6.04 Å². The maximum Gasteiger partial charge on any atom is 0.243 e. The zero-order valence-electron chi connectivity index (χ0n) is 14.3. The first-order valence-corrected chi connectivity index (χ1v) is 8.69. The molecule has 1 atom stereocenters. The average Bonchev–Trinajstić information content (AvgIpc) is 3.12. The Labute approximate surface area is 148 Å². The summed E-state index contributed by atoms with van der Waals surface area (Å²) in [5.74, 6) is 1.17. The topological polar surface area (TPSA) is 91.0 Å². The summed E-state index contributed by atoms with van der Waals surface area (Å²) in [5, 5.41) is 4.05. The predicted octanol–water partition coefficient (Wildman–Crippen LogP) is 3.46. The summed E-state index contributed by atoms with van der Waals surface area (Å²) in [6.07, 6.45) is 3.37. The molecule has 0 amide bonds. The number of aromatic nitrogens is 2. The van der Waals surface area contributed by atoms with Crippen LogP contribution in [0, 0.1) is 0 Å². The van der Waals surface area contributed by atoms with E-state index in [0.29, 0.717) is 24.7 Å². The van der Waals surface area contributed by atoms with Crippen molar-refractivity contribution in [3.05, 3.63) is 71.9 Å². The second-order valence-electron chi connectivity index (χ2n) is 6.18. The fourth-order valence-electron chi connectivity index (χ4n) is 2.75. The summed E-state index contributed by atoms with van der Waals surface area (Å²) in [4.78, 5) is 4.43. The summed E-state index contributed by atoms with van der Waals surface area (Å²) in [6.45, 7) is 0.681. The number of benzene rings is 2. The second-order valence-corrected chi connectivity index (χ2v) is 6.18. The van der Waals surface area contributed by atoms with Gasteiger partial charge in [-0.25, -0.2) is 0 Å². The van der Waals surface area contributed by atoms with Crippen molar-refractivity contribution in [2.24, 2.45) is 11.5 Å². The van der Waals surface area contributed by atoms with Crippen molar-refractivity contribution in [3.8, 4) is 11.1 Å². The van der Waals surface area contributed by atoms with Crippen LogP contribution in [0.25, 0.3) is 11.1 Å². The van der Waals surface area contributed by atoms with E-state index >= 15 is 0 Å². The first-order valence-electron chi connectivity index (χ1n) is 8.69. The van der Waals surface area contributed by atoms with Gasteiger partial charge in [0.15, 0.2) is 5.82 Å². The Morgan fingerprint density at radius 1 is 0.920 bits per heavy atom. The zero-order valence-corrected chi connectivity index (χ0v) is 14.3. The Hall–Kier alpha value is -2.50. The first-order chi connectivity index (χ1) is 12.3. The third kappa shape index (κ3) is 4.75. The lowest BCUT2D eigenvalue weighted by Crippen LogP contribution is -2.11. The van der Waals surface area contributed by atoms with Gasteiger partial charge in [0.1, 0.15) is 0 Å². The van der Waals surface area contributed by atoms with Crippen LogP contribution < -0.4 is 11.5 Å². The molecular weight excluding hydrogens is 312 g/mol. The van der Waals surface area contributed by atoms with Crippen LogP contribution >= 0.6 is 0 Å². The van der Waals surface area contributed by atoms with Crippen LogP contribution in [0.5, 0.6) is 0 Å². The second kappa shape index (κ2) is 8.55. The number of nitrogens with zero attached hydrogens (tertiary/aromatic N) is 2. The molecule has 3 aromatic rings. The molecule has 1 heterocycles. The van der Waals surface area contributed by atoms with Crippen LogP contribution in [0.2, 0.25) is 0 Å². The lowest BCUT2D eigenvalue weighted by molar-refractivity contribution is 0.342. The van der Waals surface area contributed by atoms with Gasteiger partial charge < -0.3 is 16.0 Å². The molecule has 4 N–H and O–H groups in total. The molecule has 5 heteroatoms. The maximum absolute atomic E-state index is 6.09. The van der Waals surface area contributed by atoms with E-state index in [1.54, 1.807) is 0 Å². The fraction of sp³-hybridized carbons (Fsp3) is 0.300. The van der Waals surface area contributed by atoms with E-state index in [1.807, 2.05) is 18.2 Å². The lowest BCUT2D eigenvalue weighted by atomic mass is 10.0. The van der Waals surface area contributed by atoms with Gasteiger partial charge >= 0.3 is 0 Å². The van der Waals surface area contributed by atoms with Crippen LogP contribution in [0.15, 0.2) is 59.1 Å². The van der Waals surface area contributed by atoms with Crippen molar-refractivity contribution < 1.29 is 4.52 Å². The van der Waals surface area contributed by atoms with E-state index in [4.69, 9.17) is 16.0 Å². The largest absolute Gasteiger partial charge is 0.338 e. The minimum Gasteiger partial charge on any atom is -0.338 e. The summed E-state index contributed by atoms with van der Waals surface area (Å²) in [7, 11) is 0. The summed E-state index contributed by atoms with van der Waals surface area (Å²) < 4.78 is 5.31. The molecule has 0 saturated heterocycles. The Balaban J connectivity index is 1.61. The molecule has 0 bridgehead atoms. The van der Waals surface area contributed by atoms with Crippen LogP contribution in [-0.4, -0.2) is 16.7 Å². The van der Waals surface area contributed by atoms with Gasteiger partial charge in [0.05, 0.1) is 6.04 Å². The van der Waals surface area contributed by atoms with Crippen LogP contribution in [-0.2, 0) is 6.42 Å². The Kier molecular flexibility index (Phi) is 5.93. The molecule has 130 valence electrons. The van der Waals surface area contributed by atoms with Gasteiger partial charge in [-0.3, -0.25) is 0 Å². The van der Waals surface area contributed by atoms with E-state index in [9.17, 15) is 0 Å². The molecule has 2 aromatic carbocycles. The minimum absolute atomic E-state index is 0.215. The molecule has 0 spiro atoms. The SMILES string of the molecule is NCCCC[C@H](N)c1nc(Cc2ccc(-c3ccccc3)cc2)no1. The number of unbranched alkanes of at least 4 members (excludes halogenated alkanes) is 1. The Bertz CT molecular complexity index is 768. The molecular formula is C20H24N4O. The van der Waals surface area contributed by atoms with Crippen LogP contribution in [0.1, 0.15) is 42.6 Å². The van der Waals surface area contributed by atoms with Gasteiger partial charge in [-0.05, 0) is 36.1 Å². The fourth-order valence-corrected chi connectivity index (χ4v) is 2.75. The first kappa shape index (κ1) is 17.3. The highest BCUT2D eigenvalue weighted by Crippen LogP contribution is 2.20. The molecule has 25 heavy (non-hydrogen) atoms. The molecule has 0 aliphatic carbocycles. The van der Waals surface area contributed by atoms with E-state index in [0.717, 1.165) is 24.8 Å². The van der Waals surface area contributed by atoms with Gasteiger partial charge in [-0.15, -0.1) is 0 Å². The Morgan fingerprint density at radius 3 is 2.36 bits per heavy atom. The molecule has 1 aromatic heterocycles. The van der Waals surface area contributed by atoms with Gasteiger partial charge in [-0.1, -0.05) is 66.2 Å². The van der Waals surface area contributed by atoms with Crippen molar-refractivity contribution in [1.82, 2.24) is 10.1 Å². The van der Waals surface area contributed by atoms with Crippen molar-refractivity contribution in [3.63, 3.8) is 0 Å². The Morgan fingerprint density at radius 2 is 1.64 bits per heavy atom. The third-order valence-electron chi connectivity index (χ3n) is 4.19. The normalized spacial score (nSPS) is 12.2. The smallest absolute Gasteiger partial charge is 0.243 e. The summed E-state index contributed by atoms with van der Waals surface area (Å²) >= 11 is 0. The number of hydrogen-bond donors (Lipinski definition) is 2. The van der Waals surface area contributed by atoms with Gasteiger partial charge in [0, 0.05) is 6.42 Å². The minimum atomic E-state index is -0.215. The van der Waals surface area contributed by atoms with Gasteiger partial charge in [0.25, 0.3) is 0 Å². The van der Waals surface area contributed by atoms with Crippen LogP contribution in [0.3, 0.4) is 0 Å². The molecule has 0 aliphatic heterocycles. The summed E-state index contributed by atoms with van der Waals surface area (Å²) in [6, 6.07) is 18.5. The molecule has 3 rings (SSSR count). The number of rotatable bonds is 8. The van der Waals surface area contributed by atoms with Crippen molar-refractivity contribution in [2.45, 2.75) is 31.7 Å². The van der Waals surface area contributed by atoms with Crippen molar-refractivity contribution in [2.75, 3.05) is 6.54 Å². The van der Waals surface area contributed by atoms with E-state index in [1.165, 1.54) is 11.1 Å². The highest BCUT2D eigenvalue weighted by atomic mass is 16.5. The quantitative estimate of drug-likeness (QED) is 0.615.